The van der Waals surface area contributed by atoms with Crippen LogP contribution >= 0.6 is 11.6 Å². The number of rotatable bonds is 5. The number of halogens is 1. The zero-order chi connectivity index (χ0) is 12.8. The predicted octanol–water partition coefficient (Wildman–Crippen LogP) is 3.11. The molecule has 0 bridgehead atoms. The van der Waals surface area contributed by atoms with Crippen LogP contribution < -0.4 is 15.2 Å². The van der Waals surface area contributed by atoms with Crippen LogP contribution in [0.1, 0.15) is 19.4 Å². The molecule has 0 unspecified atom stereocenters. The monoisotopic (exact) mass is 255 g/mol. The van der Waals surface area contributed by atoms with Crippen molar-refractivity contribution in [1.29, 1.82) is 0 Å². The second-order valence-electron chi connectivity index (χ2n) is 3.66. The van der Waals surface area contributed by atoms with Crippen LogP contribution in [0.4, 0.5) is 0 Å². The number of nitrogens with two attached hydrogens (primary N) is 1. The van der Waals surface area contributed by atoms with Crippen molar-refractivity contribution in [3.63, 3.8) is 0 Å². The van der Waals surface area contributed by atoms with E-state index < -0.39 is 0 Å². The van der Waals surface area contributed by atoms with Gasteiger partial charge >= 0.3 is 0 Å². The molecule has 4 heteroatoms. The van der Waals surface area contributed by atoms with Crippen molar-refractivity contribution in [1.82, 2.24) is 0 Å². The minimum atomic E-state index is 0.521. The number of ether oxygens (including phenoxy) is 2. The topological polar surface area (TPSA) is 44.5 Å². The first-order chi connectivity index (χ1) is 8.12. The van der Waals surface area contributed by atoms with E-state index >= 15 is 0 Å². The van der Waals surface area contributed by atoms with Gasteiger partial charge in [0.25, 0.3) is 0 Å². The summed E-state index contributed by atoms with van der Waals surface area (Å²) >= 11 is 6.13. The molecule has 2 N–H and O–H groups in total. The highest BCUT2D eigenvalue weighted by molar-refractivity contribution is 6.32. The minimum Gasteiger partial charge on any atom is -0.491 e. The van der Waals surface area contributed by atoms with Crippen molar-refractivity contribution >= 4 is 17.7 Å². The summed E-state index contributed by atoms with van der Waals surface area (Å²) in [5.41, 5.74) is 7.59. The van der Waals surface area contributed by atoms with Crippen LogP contribution in [0.5, 0.6) is 11.5 Å². The van der Waals surface area contributed by atoms with Gasteiger partial charge in [-0.1, -0.05) is 23.3 Å². The van der Waals surface area contributed by atoms with Gasteiger partial charge in [-0.3, -0.25) is 0 Å². The highest BCUT2D eigenvalue weighted by atomic mass is 35.5. The van der Waals surface area contributed by atoms with Crippen molar-refractivity contribution in [2.24, 2.45) is 5.73 Å². The fourth-order valence-corrected chi connectivity index (χ4v) is 1.77. The second-order valence-corrected chi connectivity index (χ2v) is 4.07. The Morgan fingerprint density at radius 2 is 2.18 bits per heavy atom. The molecule has 0 aliphatic rings. The predicted molar refractivity (Wildman–Crippen MR) is 71.9 cm³/mol. The molecule has 1 aromatic carbocycles. The largest absolute Gasteiger partial charge is 0.491 e. The van der Waals surface area contributed by atoms with Gasteiger partial charge in [0.15, 0.2) is 11.5 Å². The molecule has 0 saturated carbocycles. The lowest BCUT2D eigenvalue weighted by Gasteiger charge is -2.12. The van der Waals surface area contributed by atoms with Crippen LogP contribution in [-0.4, -0.2) is 20.3 Å². The molecule has 0 aliphatic carbocycles. The molecule has 0 amide bonds. The Morgan fingerprint density at radius 3 is 2.71 bits per heavy atom. The number of hydrogen-bond acceptors (Lipinski definition) is 3. The van der Waals surface area contributed by atoms with E-state index in [2.05, 4.69) is 0 Å². The van der Waals surface area contributed by atoms with Gasteiger partial charge in [-0.2, -0.15) is 0 Å². The van der Waals surface area contributed by atoms with Gasteiger partial charge in [-0.05, 0) is 31.5 Å². The molecule has 1 rings (SSSR count). The molecule has 17 heavy (non-hydrogen) atoms. The SMILES string of the molecule is CCOc1cc(C=C(C)CN)cc(Cl)c1OC. The van der Waals surface area contributed by atoms with E-state index in [4.69, 9.17) is 26.8 Å². The molecule has 0 saturated heterocycles. The average Bonchev–Trinajstić information content (AvgIpc) is 2.29. The van der Waals surface area contributed by atoms with Gasteiger partial charge in [0, 0.05) is 6.54 Å². The van der Waals surface area contributed by atoms with Crippen LogP contribution in [0.3, 0.4) is 0 Å². The van der Waals surface area contributed by atoms with E-state index in [-0.39, 0.29) is 0 Å². The zero-order valence-electron chi connectivity index (χ0n) is 10.4. The van der Waals surface area contributed by atoms with Crippen LogP contribution in [-0.2, 0) is 0 Å². The summed E-state index contributed by atoms with van der Waals surface area (Å²) in [6, 6.07) is 3.73. The summed E-state index contributed by atoms with van der Waals surface area (Å²) < 4.78 is 10.7. The molecule has 1 aromatic rings. The Balaban J connectivity index is 3.19. The maximum absolute atomic E-state index is 6.13. The van der Waals surface area contributed by atoms with E-state index in [0.717, 1.165) is 11.1 Å². The molecule has 3 nitrogen and oxygen atoms in total. The number of benzene rings is 1. The Kier molecular flexibility index (Phi) is 5.32. The fraction of sp³-hybridized carbons (Fsp3) is 0.385. The summed E-state index contributed by atoms with van der Waals surface area (Å²) in [5.74, 6) is 1.22. The van der Waals surface area contributed by atoms with Crippen LogP contribution in [0.25, 0.3) is 6.08 Å². The van der Waals surface area contributed by atoms with Crippen molar-refractivity contribution in [2.75, 3.05) is 20.3 Å². The smallest absolute Gasteiger partial charge is 0.179 e. The van der Waals surface area contributed by atoms with Gasteiger partial charge < -0.3 is 15.2 Å². The van der Waals surface area contributed by atoms with Gasteiger partial charge in [0.1, 0.15) is 0 Å². The molecule has 0 aromatic heterocycles. The Bertz CT molecular complexity index is 416. The van der Waals surface area contributed by atoms with E-state index in [9.17, 15) is 0 Å². The van der Waals surface area contributed by atoms with Crippen molar-refractivity contribution in [3.8, 4) is 11.5 Å². The van der Waals surface area contributed by atoms with Gasteiger partial charge in [0.05, 0.1) is 18.7 Å². The first-order valence-corrected chi connectivity index (χ1v) is 5.87. The average molecular weight is 256 g/mol. The molecule has 0 fully saturated rings. The first-order valence-electron chi connectivity index (χ1n) is 5.50. The normalized spacial score (nSPS) is 11.5. The maximum atomic E-state index is 6.13. The molecule has 0 atom stereocenters. The lowest BCUT2D eigenvalue weighted by Crippen LogP contribution is -2.00. The van der Waals surface area contributed by atoms with E-state index in [1.807, 2.05) is 32.1 Å². The molecule has 0 radical (unpaired) electrons. The highest BCUT2D eigenvalue weighted by Gasteiger charge is 2.10. The molecule has 0 spiro atoms. The van der Waals surface area contributed by atoms with Crippen molar-refractivity contribution in [2.45, 2.75) is 13.8 Å². The van der Waals surface area contributed by atoms with Gasteiger partial charge in [-0.15, -0.1) is 0 Å². The molecule has 0 aliphatic heterocycles. The lowest BCUT2D eigenvalue weighted by molar-refractivity contribution is 0.311. The summed E-state index contributed by atoms with van der Waals surface area (Å²) in [5, 5.41) is 0.537. The Hall–Kier alpha value is -1.19. The first kappa shape index (κ1) is 13.9. The minimum absolute atomic E-state index is 0.521. The maximum Gasteiger partial charge on any atom is 0.179 e. The molecular formula is C13H18ClNO2. The standard InChI is InChI=1S/C13H18ClNO2/c1-4-17-12-7-10(5-9(2)8-15)6-11(14)13(12)16-3/h5-7H,4,8,15H2,1-3H3. The summed E-state index contributed by atoms with van der Waals surface area (Å²) in [6.45, 7) is 4.98. The van der Waals surface area contributed by atoms with E-state index in [1.54, 1.807) is 7.11 Å². The third-order valence-corrected chi connectivity index (χ3v) is 2.55. The third kappa shape index (κ3) is 3.65. The van der Waals surface area contributed by atoms with Crippen LogP contribution in [0.2, 0.25) is 5.02 Å². The highest BCUT2D eigenvalue weighted by Crippen LogP contribution is 2.36. The van der Waals surface area contributed by atoms with Crippen LogP contribution in [0, 0.1) is 0 Å². The Labute approximate surface area is 107 Å². The summed E-state index contributed by atoms with van der Waals surface area (Å²) in [4.78, 5) is 0. The third-order valence-electron chi connectivity index (χ3n) is 2.27. The van der Waals surface area contributed by atoms with Crippen LogP contribution in [0.15, 0.2) is 17.7 Å². The zero-order valence-corrected chi connectivity index (χ0v) is 11.2. The van der Waals surface area contributed by atoms with E-state index in [0.29, 0.717) is 29.7 Å². The number of hydrogen-bond donors (Lipinski definition) is 1. The molecule has 0 heterocycles. The van der Waals surface area contributed by atoms with Gasteiger partial charge in [-0.25, -0.2) is 0 Å². The molecule has 94 valence electrons. The lowest BCUT2D eigenvalue weighted by atomic mass is 10.1. The summed E-state index contributed by atoms with van der Waals surface area (Å²) in [7, 11) is 1.57. The van der Waals surface area contributed by atoms with Crippen molar-refractivity contribution in [3.05, 3.63) is 28.3 Å². The van der Waals surface area contributed by atoms with Crippen molar-refractivity contribution < 1.29 is 9.47 Å². The Morgan fingerprint density at radius 1 is 1.47 bits per heavy atom. The molecular weight excluding hydrogens is 238 g/mol. The second kappa shape index (κ2) is 6.52. The quantitative estimate of drug-likeness (QED) is 0.879. The summed E-state index contributed by atoms with van der Waals surface area (Å²) in [6.07, 6.45) is 1.98. The van der Waals surface area contributed by atoms with E-state index in [1.165, 1.54) is 0 Å². The van der Waals surface area contributed by atoms with Gasteiger partial charge in [0.2, 0.25) is 0 Å². The fourth-order valence-electron chi connectivity index (χ4n) is 1.48. The number of methoxy groups -OCH3 is 1.